The van der Waals surface area contributed by atoms with E-state index in [4.69, 9.17) is 0 Å². The number of aliphatic hydroxyl groups is 2. The summed E-state index contributed by atoms with van der Waals surface area (Å²) < 4.78 is 0. The summed E-state index contributed by atoms with van der Waals surface area (Å²) in [5.74, 6) is 5.16. The lowest BCUT2D eigenvalue weighted by Gasteiger charge is -2.61. The Kier molecular flexibility index (Phi) is 6.96. The highest BCUT2D eigenvalue weighted by molar-refractivity contribution is 5.09. The van der Waals surface area contributed by atoms with Crippen molar-refractivity contribution < 1.29 is 10.2 Å². The Bertz CT molecular complexity index is 571. The summed E-state index contributed by atoms with van der Waals surface area (Å²) in [5, 5.41) is 20.5. The molecule has 2 nitrogen and oxygen atoms in total. The van der Waals surface area contributed by atoms with Crippen LogP contribution in [-0.2, 0) is 0 Å². The number of hydrogen-bond donors (Lipinski definition) is 2. The lowest BCUT2D eigenvalue weighted by atomic mass is 9.44. The van der Waals surface area contributed by atoms with Gasteiger partial charge in [0.1, 0.15) is 0 Å². The van der Waals surface area contributed by atoms with Crippen LogP contribution >= 0.6 is 0 Å². The molecule has 0 aromatic carbocycles. The van der Waals surface area contributed by atoms with Gasteiger partial charge in [-0.2, -0.15) is 0 Å². The Morgan fingerprint density at radius 3 is 2.27 bits per heavy atom. The first kappa shape index (κ1) is 23.1. The zero-order valence-electron chi connectivity index (χ0n) is 20.4. The molecule has 0 saturated heterocycles. The Labute approximate surface area is 186 Å². The predicted molar refractivity (Wildman–Crippen MR) is 125 cm³/mol. The smallest absolute Gasteiger partial charge is 0.0568 e. The third-order valence-electron chi connectivity index (χ3n) is 11.1. The molecule has 0 spiro atoms. The fraction of sp³-hybridized carbons (Fsp3) is 1.00. The molecule has 0 aromatic rings. The minimum Gasteiger partial charge on any atom is -0.393 e. The van der Waals surface area contributed by atoms with Crippen LogP contribution in [0.3, 0.4) is 0 Å². The molecule has 174 valence electrons. The summed E-state index contributed by atoms with van der Waals surface area (Å²) in [5.41, 5.74) is 1.08. The molecule has 5 rings (SSSR count). The second-order valence-electron chi connectivity index (χ2n) is 12.2. The van der Waals surface area contributed by atoms with Crippen LogP contribution in [0.1, 0.15) is 118 Å². The molecule has 9 unspecified atom stereocenters. The lowest BCUT2D eigenvalue weighted by molar-refractivity contribution is -0.127. The van der Waals surface area contributed by atoms with E-state index in [-0.39, 0.29) is 12.2 Å². The van der Waals surface area contributed by atoms with E-state index in [1.54, 1.807) is 0 Å². The van der Waals surface area contributed by atoms with Gasteiger partial charge in [0, 0.05) is 0 Å². The molecular formula is C28H50O2. The highest BCUT2D eigenvalue weighted by Crippen LogP contribution is 2.67. The van der Waals surface area contributed by atoms with E-state index in [0.717, 1.165) is 48.9 Å². The molecule has 2 N–H and O–H groups in total. The Morgan fingerprint density at radius 2 is 1.53 bits per heavy atom. The topological polar surface area (TPSA) is 40.5 Å². The van der Waals surface area contributed by atoms with Gasteiger partial charge in [0.15, 0.2) is 0 Å². The quantitative estimate of drug-likeness (QED) is 0.506. The summed E-state index contributed by atoms with van der Waals surface area (Å²) in [6, 6.07) is 0. The van der Waals surface area contributed by atoms with Crippen LogP contribution in [0, 0.1) is 46.3 Å². The van der Waals surface area contributed by atoms with Gasteiger partial charge in [-0.3, -0.25) is 0 Å². The first-order valence-corrected chi connectivity index (χ1v) is 13.8. The standard InChI is InChI=1S/C26H44O2.C2H6/c1-25-15-13-23-21(10-8-19-16-20(27)12-14-26(19,23)2)22(25)11-9-18(25)4-3-5-24(28)17-6-7-17;1-2/h17-24,27-28H,3-16H2,1-2H3;1-2H3. The highest BCUT2D eigenvalue weighted by atomic mass is 16.3. The maximum atomic E-state index is 10.3. The fourth-order valence-corrected chi connectivity index (χ4v) is 9.11. The minimum atomic E-state index is -0.0228. The first-order valence-electron chi connectivity index (χ1n) is 13.8. The van der Waals surface area contributed by atoms with E-state index >= 15 is 0 Å². The molecule has 30 heavy (non-hydrogen) atoms. The summed E-state index contributed by atoms with van der Waals surface area (Å²) in [6.07, 6.45) is 18.2. The van der Waals surface area contributed by atoms with Crippen LogP contribution in [0.25, 0.3) is 0 Å². The second kappa shape index (κ2) is 9.05. The van der Waals surface area contributed by atoms with Gasteiger partial charge in [-0.05, 0) is 130 Å². The molecule has 5 aliphatic rings. The maximum Gasteiger partial charge on any atom is 0.0568 e. The molecule has 5 aliphatic carbocycles. The lowest BCUT2D eigenvalue weighted by Crippen LogP contribution is -2.53. The molecule has 0 aliphatic heterocycles. The molecule has 5 saturated carbocycles. The largest absolute Gasteiger partial charge is 0.393 e. The SMILES string of the molecule is CC.CC12CCC3C(CCC4CC(O)CCC43C)C1CCC2CCCC(O)C1CC1. The van der Waals surface area contributed by atoms with Gasteiger partial charge in [0.05, 0.1) is 12.2 Å². The highest BCUT2D eigenvalue weighted by Gasteiger charge is 2.59. The van der Waals surface area contributed by atoms with Crippen molar-refractivity contribution in [2.75, 3.05) is 0 Å². The Balaban J connectivity index is 0.00000106. The molecule has 0 radical (unpaired) electrons. The van der Waals surface area contributed by atoms with E-state index in [9.17, 15) is 10.2 Å². The fourth-order valence-electron chi connectivity index (χ4n) is 9.11. The summed E-state index contributed by atoms with van der Waals surface area (Å²) in [6.45, 7) is 9.26. The van der Waals surface area contributed by atoms with Gasteiger partial charge in [-0.15, -0.1) is 0 Å². The first-order chi connectivity index (χ1) is 14.4. The van der Waals surface area contributed by atoms with Crippen LogP contribution in [0.5, 0.6) is 0 Å². The summed E-state index contributed by atoms with van der Waals surface area (Å²) in [4.78, 5) is 0. The molecule has 5 fully saturated rings. The van der Waals surface area contributed by atoms with Crippen molar-refractivity contribution in [1.29, 1.82) is 0 Å². The molecular weight excluding hydrogens is 368 g/mol. The molecule has 2 heteroatoms. The van der Waals surface area contributed by atoms with Crippen molar-refractivity contribution >= 4 is 0 Å². The van der Waals surface area contributed by atoms with Crippen molar-refractivity contribution in [2.24, 2.45) is 46.3 Å². The van der Waals surface area contributed by atoms with Crippen molar-refractivity contribution in [2.45, 2.75) is 130 Å². The van der Waals surface area contributed by atoms with Gasteiger partial charge in [0.25, 0.3) is 0 Å². The van der Waals surface area contributed by atoms with Gasteiger partial charge in [-0.25, -0.2) is 0 Å². The van der Waals surface area contributed by atoms with E-state index in [1.165, 1.54) is 70.6 Å². The molecule has 0 amide bonds. The van der Waals surface area contributed by atoms with Gasteiger partial charge < -0.3 is 10.2 Å². The normalized spacial score (nSPS) is 48.6. The van der Waals surface area contributed by atoms with Crippen LogP contribution < -0.4 is 0 Å². The number of aliphatic hydroxyl groups excluding tert-OH is 2. The molecule has 0 bridgehead atoms. The van der Waals surface area contributed by atoms with E-state index in [2.05, 4.69) is 13.8 Å². The van der Waals surface area contributed by atoms with Crippen molar-refractivity contribution in [1.82, 2.24) is 0 Å². The zero-order valence-corrected chi connectivity index (χ0v) is 20.4. The Morgan fingerprint density at radius 1 is 0.833 bits per heavy atom. The van der Waals surface area contributed by atoms with Gasteiger partial charge >= 0.3 is 0 Å². The minimum absolute atomic E-state index is 0.00220. The van der Waals surface area contributed by atoms with E-state index < -0.39 is 0 Å². The summed E-state index contributed by atoms with van der Waals surface area (Å²) in [7, 11) is 0. The molecule has 0 heterocycles. The van der Waals surface area contributed by atoms with E-state index in [1.807, 2.05) is 13.8 Å². The Hall–Kier alpha value is -0.0800. The predicted octanol–water partition coefficient (Wildman–Crippen LogP) is 6.97. The van der Waals surface area contributed by atoms with Crippen molar-refractivity contribution in [3.05, 3.63) is 0 Å². The zero-order chi connectivity index (χ0) is 21.5. The van der Waals surface area contributed by atoms with Crippen molar-refractivity contribution in [3.63, 3.8) is 0 Å². The van der Waals surface area contributed by atoms with E-state index in [0.29, 0.717) is 16.7 Å². The van der Waals surface area contributed by atoms with Crippen LogP contribution in [0.15, 0.2) is 0 Å². The average molecular weight is 419 g/mol. The molecule has 9 atom stereocenters. The maximum absolute atomic E-state index is 10.3. The second-order valence-corrected chi connectivity index (χ2v) is 12.2. The monoisotopic (exact) mass is 418 g/mol. The van der Waals surface area contributed by atoms with Gasteiger partial charge in [0.2, 0.25) is 0 Å². The van der Waals surface area contributed by atoms with Crippen LogP contribution in [0.2, 0.25) is 0 Å². The van der Waals surface area contributed by atoms with Crippen LogP contribution in [0.4, 0.5) is 0 Å². The average Bonchev–Trinajstić information content (AvgIpc) is 3.54. The third-order valence-corrected chi connectivity index (χ3v) is 11.1. The third kappa shape index (κ3) is 4.02. The summed E-state index contributed by atoms with van der Waals surface area (Å²) >= 11 is 0. The van der Waals surface area contributed by atoms with Gasteiger partial charge in [-0.1, -0.05) is 34.1 Å². The number of rotatable bonds is 5. The van der Waals surface area contributed by atoms with Crippen LogP contribution in [-0.4, -0.2) is 22.4 Å². The molecule has 0 aromatic heterocycles. The van der Waals surface area contributed by atoms with Crippen molar-refractivity contribution in [3.8, 4) is 0 Å². The number of fused-ring (bicyclic) bond motifs is 5. The number of hydrogen-bond acceptors (Lipinski definition) is 2.